The molecule has 0 aromatic rings. The maximum Gasteiger partial charge on any atom is 0.00915 e. The smallest absolute Gasteiger partial charge is 0.00915 e. The molecule has 0 aromatic carbocycles. The molecule has 0 atom stereocenters. The lowest BCUT2D eigenvalue weighted by atomic mass is 9.81. The first-order valence-corrected chi connectivity index (χ1v) is 8.66. The van der Waals surface area contributed by atoms with Gasteiger partial charge >= 0.3 is 0 Å². The largest absolute Gasteiger partial charge is 0.314 e. The maximum atomic E-state index is 3.86. The molecule has 0 bridgehead atoms. The molecule has 0 unspecified atom stereocenters. The zero-order valence-corrected chi connectivity index (χ0v) is 13.3. The number of nitrogens with one attached hydrogen (secondary N) is 1. The minimum Gasteiger partial charge on any atom is -0.314 e. The Morgan fingerprint density at radius 2 is 1.53 bits per heavy atom. The van der Waals surface area contributed by atoms with Crippen molar-refractivity contribution in [3.63, 3.8) is 0 Å². The van der Waals surface area contributed by atoms with Crippen LogP contribution in [0.15, 0.2) is 0 Å². The van der Waals surface area contributed by atoms with Gasteiger partial charge in [0.15, 0.2) is 0 Å². The highest BCUT2D eigenvalue weighted by molar-refractivity contribution is 4.81. The fourth-order valence-corrected chi connectivity index (χ4v) is 3.80. The zero-order valence-electron chi connectivity index (χ0n) is 13.3. The van der Waals surface area contributed by atoms with Gasteiger partial charge < -0.3 is 10.2 Å². The molecule has 2 rings (SSSR count). The van der Waals surface area contributed by atoms with Crippen LogP contribution in [0.3, 0.4) is 0 Å². The third-order valence-corrected chi connectivity index (χ3v) is 5.50. The second-order valence-corrected chi connectivity index (χ2v) is 7.11. The third-order valence-electron chi connectivity index (χ3n) is 5.50. The summed E-state index contributed by atoms with van der Waals surface area (Å²) in [4.78, 5) is 2.62. The van der Waals surface area contributed by atoms with Crippen molar-refractivity contribution < 1.29 is 0 Å². The highest BCUT2D eigenvalue weighted by Crippen LogP contribution is 2.30. The van der Waals surface area contributed by atoms with Crippen LogP contribution < -0.4 is 5.32 Å². The van der Waals surface area contributed by atoms with Gasteiger partial charge in [-0.05, 0) is 71.0 Å². The van der Waals surface area contributed by atoms with E-state index in [1.165, 1.54) is 64.6 Å². The van der Waals surface area contributed by atoms with E-state index in [1.54, 1.807) is 0 Å². The molecule has 0 radical (unpaired) electrons. The minimum atomic E-state index is 0.727. The van der Waals surface area contributed by atoms with Crippen LogP contribution in [0.25, 0.3) is 0 Å². The van der Waals surface area contributed by atoms with E-state index in [1.807, 2.05) is 0 Å². The summed E-state index contributed by atoms with van der Waals surface area (Å²) in [5.41, 5.74) is 0. The molecule has 2 nitrogen and oxygen atoms in total. The van der Waals surface area contributed by atoms with Crippen molar-refractivity contribution in [2.24, 2.45) is 11.8 Å². The molecule has 0 amide bonds. The molecule has 1 heterocycles. The number of hydrogen-bond donors (Lipinski definition) is 1. The highest BCUT2D eigenvalue weighted by Gasteiger charge is 2.23. The molecule has 2 fully saturated rings. The van der Waals surface area contributed by atoms with Gasteiger partial charge in [0.05, 0.1) is 0 Å². The lowest BCUT2D eigenvalue weighted by Gasteiger charge is -2.36. The summed E-state index contributed by atoms with van der Waals surface area (Å²) in [5.74, 6) is 2.00. The number of hydrogen-bond acceptors (Lipinski definition) is 2. The van der Waals surface area contributed by atoms with Crippen LogP contribution >= 0.6 is 0 Å². The Bertz CT molecular complexity index is 236. The normalized spacial score (nSPS) is 30.9. The summed E-state index contributed by atoms with van der Waals surface area (Å²) in [7, 11) is 0. The first kappa shape index (κ1) is 15.3. The monoisotopic (exact) mass is 266 g/mol. The molecule has 19 heavy (non-hydrogen) atoms. The van der Waals surface area contributed by atoms with Crippen LogP contribution in [0.5, 0.6) is 0 Å². The van der Waals surface area contributed by atoms with Gasteiger partial charge in [0.25, 0.3) is 0 Å². The molecule has 1 saturated heterocycles. The summed E-state index contributed by atoms with van der Waals surface area (Å²) < 4.78 is 0. The fraction of sp³-hybridized carbons (Fsp3) is 1.00. The number of piperidine rings is 1. The Hall–Kier alpha value is -0.0800. The van der Waals surface area contributed by atoms with E-state index in [4.69, 9.17) is 0 Å². The second-order valence-electron chi connectivity index (χ2n) is 7.11. The van der Waals surface area contributed by atoms with Gasteiger partial charge in [0, 0.05) is 12.1 Å². The van der Waals surface area contributed by atoms with Crippen LogP contribution in [0.4, 0.5) is 0 Å². The number of rotatable bonds is 5. The Morgan fingerprint density at radius 1 is 0.947 bits per heavy atom. The Kier molecular flexibility index (Phi) is 6.15. The van der Waals surface area contributed by atoms with Crippen molar-refractivity contribution in [1.29, 1.82) is 0 Å². The first-order valence-electron chi connectivity index (χ1n) is 8.66. The molecule has 0 spiro atoms. The van der Waals surface area contributed by atoms with Gasteiger partial charge in [-0.3, -0.25) is 0 Å². The van der Waals surface area contributed by atoms with Gasteiger partial charge in [0.2, 0.25) is 0 Å². The van der Waals surface area contributed by atoms with E-state index in [-0.39, 0.29) is 0 Å². The molecule has 0 aromatic heterocycles. The quantitative estimate of drug-likeness (QED) is 0.817. The van der Waals surface area contributed by atoms with Crippen molar-refractivity contribution >= 4 is 0 Å². The van der Waals surface area contributed by atoms with E-state index in [2.05, 4.69) is 31.0 Å². The lowest BCUT2D eigenvalue weighted by molar-refractivity contribution is 0.156. The van der Waals surface area contributed by atoms with Gasteiger partial charge in [-0.2, -0.15) is 0 Å². The molecule has 1 aliphatic carbocycles. The highest BCUT2D eigenvalue weighted by atomic mass is 15.2. The Labute approximate surface area is 120 Å². The predicted molar refractivity (Wildman–Crippen MR) is 83.5 cm³/mol. The molecular formula is C17H34N2. The third kappa shape index (κ3) is 4.75. The van der Waals surface area contributed by atoms with Crippen LogP contribution in [0.2, 0.25) is 0 Å². The van der Waals surface area contributed by atoms with Crippen LogP contribution in [0.1, 0.15) is 65.7 Å². The van der Waals surface area contributed by atoms with E-state index in [0.29, 0.717) is 0 Å². The number of likely N-dealkylation sites (tertiary alicyclic amines) is 1. The van der Waals surface area contributed by atoms with Crippen LogP contribution in [-0.4, -0.2) is 36.6 Å². The first-order chi connectivity index (χ1) is 9.19. The van der Waals surface area contributed by atoms with Gasteiger partial charge in [-0.25, -0.2) is 0 Å². The fourth-order valence-electron chi connectivity index (χ4n) is 3.80. The van der Waals surface area contributed by atoms with Crippen LogP contribution in [-0.2, 0) is 0 Å². The molecule has 1 N–H and O–H groups in total. The Balaban J connectivity index is 1.59. The van der Waals surface area contributed by atoms with E-state index < -0.39 is 0 Å². The average Bonchev–Trinajstić information content (AvgIpc) is 2.46. The van der Waals surface area contributed by atoms with Crippen molar-refractivity contribution in [2.75, 3.05) is 19.6 Å². The molecule has 2 heteroatoms. The standard InChI is InChI=1S/C17H34N2/c1-4-15-5-7-16(8-6-15)13-18-17-9-11-19(12-10-17)14(2)3/h14-18H,4-13H2,1-3H3. The molecule has 2 aliphatic rings. The number of nitrogens with zero attached hydrogens (tertiary/aromatic N) is 1. The summed E-state index contributed by atoms with van der Waals surface area (Å²) in [5, 5.41) is 3.86. The topological polar surface area (TPSA) is 15.3 Å². The molecule has 1 saturated carbocycles. The lowest BCUT2D eigenvalue weighted by Crippen LogP contribution is -2.46. The summed E-state index contributed by atoms with van der Waals surface area (Å²) >= 11 is 0. The van der Waals surface area contributed by atoms with E-state index >= 15 is 0 Å². The van der Waals surface area contributed by atoms with E-state index in [0.717, 1.165) is 23.9 Å². The van der Waals surface area contributed by atoms with Gasteiger partial charge in [-0.15, -0.1) is 0 Å². The van der Waals surface area contributed by atoms with Gasteiger partial charge in [-0.1, -0.05) is 26.2 Å². The molecule has 1 aliphatic heterocycles. The van der Waals surface area contributed by atoms with Crippen molar-refractivity contribution in [3.8, 4) is 0 Å². The van der Waals surface area contributed by atoms with Crippen molar-refractivity contribution in [3.05, 3.63) is 0 Å². The summed E-state index contributed by atoms with van der Waals surface area (Å²) in [6.07, 6.45) is 9.99. The SMILES string of the molecule is CCC1CCC(CNC2CCN(C(C)C)CC2)CC1. The predicted octanol–water partition coefficient (Wildman–Crippen LogP) is 3.67. The summed E-state index contributed by atoms with van der Waals surface area (Å²) in [6.45, 7) is 10.9. The molecular weight excluding hydrogens is 232 g/mol. The maximum absolute atomic E-state index is 3.86. The van der Waals surface area contributed by atoms with Gasteiger partial charge in [0.1, 0.15) is 0 Å². The van der Waals surface area contributed by atoms with E-state index in [9.17, 15) is 0 Å². The average molecular weight is 266 g/mol. The summed E-state index contributed by atoms with van der Waals surface area (Å²) in [6, 6.07) is 1.52. The molecule has 112 valence electrons. The minimum absolute atomic E-state index is 0.727. The Morgan fingerprint density at radius 3 is 2.05 bits per heavy atom. The van der Waals surface area contributed by atoms with Crippen LogP contribution in [0, 0.1) is 11.8 Å². The van der Waals surface area contributed by atoms with Crippen molar-refractivity contribution in [1.82, 2.24) is 10.2 Å². The van der Waals surface area contributed by atoms with Crippen molar-refractivity contribution in [2.45, 2.75) is 77.8 Å². The zero-order chi connectivity index (χ0) is 13.7. The second kappa shape index (κ2) is 7.64.